The largest absolute Gasteiger partial charge is 0.271 e. The van der Waals surface area contributed by atoms with Gasteiger partial charge in [0.15, 0.2) is 0 Å². The number of aromatic nitrogens is 1. The van der Waals surface area contributed by atoms with Crippen LogP contribution in [-0.4, -0.2) is 4.98 Å². The van der Waals surface area contributed by atoms with E-state index >= 15 is 0 Å². The monoisotopic (exact) mass is 315 g/mol. The van der Waals surface area contributed by atoms with Crippen molar-refractivity contribution < 1.29 is 0 Å². The Morgan fingerprint density at radius 2 is 2.00 bits per heavy atom. The molecule has 3 nitrogen and oxygen atoms in total. The van der Waals surface area contributed by atoms with Crippen molar-refractivity contribution in [3.8, 4) is 0 Å². The first-order valence-corrected chi connectivity index (χ1v) is 6.75. The number of hydrogen-bond donors (Lipinski definition) is 2. The van der Waals surface area contributed by atoms with E-state index in [0.717, 1.165) is 11.1 Å². The summed E-state index contributed by atoms with van der Waals surface area (Å²) in [5, 5.41) is 1.50. The van der Waals surface area contributed by atoms with Crippen molar-refractivity contribution in [2.24, 2.45) is 5.84 Å². The van der Waals surface area contributed by atoms with Crippen molar-refractivity contribution in [3.63, 3.8) is 0 Å². The zero-order valence-electron chi connectivity index (χ0n) is 9.91. The number of halogens is 3. The zero-order chi connectivity index (χ0) is 13.8. The van der Waals surface area contributed by atoms with Crippen LogP contribution in [0.4, 0.5) is 0 Å². The molecule has 3 N–H and O–H groups in total. The lowest BCUT2D eigenvalue weighted by atomic mass is 10.0. The molecule has 0 bridgehead atoms. The average molecular weight is 317 g/mol. The Bertz CT molecular complexity index is 575. The molecule has 0 fully saturated rings. The lowest BCUT2D eigenvalue weighted by Crippen LogP contribution is -2.29. The number of nitrogens with zero attached hydrogens (tertiary/aromatic N) is 1. The number of nitrogens with two attached hydrogens (primary N) is 1. The average Bonchev–Trinajstić information content (AvgIpc) is 2.40. The standard InChI is InChI=1S/C13H12Cl3N3/c14-10-3-1-2-9(13(10)16)6-11(19-17)8-4-5-18-12(15)7-8/h1-5,7,11,19H,6,17H2. The van der Waals surface area contributed by atoms with Crippen LogP contribution < -0.4 is 11.3 Å². The molecule has 1 atom stereocenters. The van der Waals surface area contributed by atoms with E-state index in [2.05, 4.69) is 10.4 Å². The van der Waals surface area contributed by atoms with E-state index < -0.39 is 0 Å². The Balaban J connectivity index is 2.26. The number of hydrazine groups is 1. The minimum Gasteiger partial charge on any atom is -0.271 e. The molecule has 1 heterocycles. The van der Waals surface area contributed by atoms with Gasteiger partial charge in [-0.25, -0.2) is 4.98 Å². The molecule has 19 heavy (non-hydrogen) atoms. The molecular formula is C13H12Cl3N3. The first kappa shape index (κ1) is 14.6. The number of benzene rings is 1. The van der Waals surface area contributed by atoms with Crippen LogP contribution in [0.2, 0.25) is 15.2 Å². The number of pyridine rings is 1. The van der Waals surface area contributed by atoms with Gasteiger partial charge in [0.25, 0.3) is 0 Å². The number of nitrogens with one attached hydrogen (secondary N) is 1. The zero-order valence-corrected chi connectivity index (χ0v) is 12.2. The highest BCUT2D eigenvalue weighted by Gasteiger charge is 2.14. The minimum absolute atomic E-state index is 0.114. The van der Waals surface area contributed by atoms with Gasteiger partial charge in [-0.3, -0.25) is 11.3 Å². The second-order valence-electron chi connectivity index (χ2n) is 4.05. The van der Waals surface area contributed by atoms with Crippen LogP contribution >= 0.6 is 34.8 Å². The third-order valence-electron chi connectivity index (χ3n) is 2.81. The van der Waals surface area contributed by atoms with Gasteiger partial charge in [0.1, 0.15) is 5.15 Å². The van der Waals surface area contributed by atoms with Crippen LogP contribution in [0.25, 0.3) is 0 Å². The molecular weight excluding hydrogens is 305 g/mol. The first-order chi connectivity index (χ1) is 9.11. The van der Waals surface area contributed by atoms with Crippen LogP contribution in [0.1, 0.15) is 17.2 Å². The smallest absolute Gasteiger partial charge is 0.129 e. The van der Waals surface area contributed by atoms with Gasteiger partial charge in [-0.2, -0.15) is 0 Å². The van der Waals surface area contributed by atoms with Gasteiger partial charge in [-0.1, -0.05) is 46.9 Å². The highest BCUT2D eigenvalue weighted by Crippen LogP contribution is 2.29. The van der Waals surface area contributed by atoms with E-state index in [9.17, 15) is 0 Å². The van der Waals surface area contributed by atoms with E-state index in [1.54, 1.807) is 18.3 Å². The molecule has 6 heteroatoms. The summed E-state index contributed by atoms with van der Waals surface area (Å²) in [5.74, 6) is 5.60. The van der Waals surface area contributed by atoms with Gasteiger partial charge in [0.05, 0.1) is 16.1 Å². The van der Waals surface area contributed by atoms with Crippen LogP contribution in [0, 0.1) is 0 Å². The first-order valence-electron chi connectivity index (χ1n) is 5.62. The molecule has 1 aromatic carbocycles. The van der Waals surface area contributed by atoms with Crippen molar-refractivity contribution in [1.29, 1.82) is 0 Å². The van der Waals surface area contributed by atoms with Crippen LogP contribution in [0.15, 0.2) is 36.5 Å². The maximum atomic E-state index is 6.17. The Hall–Kier alpha value is -0.840. The maximum Gasteiger partial charge on any atom is 0.129 e. The summed E-state index contributed by atoms with van der Waals surface area (Å²) in [5.41, 5.74) is 4.62. The minimum atomic E-state index is -0.114. The molecule has 0 saturated heterocycles. The normalized spacial score (nSPS) is 12.4. The molecule has 1 aromatic heterocycles. The fraction of sp³-hybridized carbons (Fsp3) is 0.154. The molecule has 0 aliphatic carbocycles. The summed E-state index contributed by atoms with van der Waals surface area (Å²) in [6.45, 7) is 0. The molecule has 0 aliphatic heterocycles. The number of hydrogen-bond acceptors (Lipinski definition) is 3. The molecule has 0 saturated carbocycles. The maximum absolute atomic E-state index is 6.17. The molecule has 0 radical (unpaired) electrons. The summed E-state index contributed by atoms with van der Waals surface area (Å²) in [6.07, 6.45) is 2.25. The molecule has 2 aromatic rings. The third-order valence-corrected chi connectivity index (χ3v) is 3.87. The van der Waals surface area contributed by atoms with Crippen LogP contribution in [0.5, 0.6) is 0 Å². The van der Waals surface area contributed by atoms with Gasteiger partial charge in [-0.15, -0.1) is 0 Å². The molecule has 0 aliphatic rings. The molecule has 100 valence electrons. The van der Waals surface area contributed by atoms with E-state index in [1.807, 2.05) is 18.2 Å². The van der Waals surface area contributed by atoms with Gasteiger partial charge < -0.3 is 0 Å². The van der Waals surface area contributed by atoms with Gasteiger partial charge >= 0.3 is 0 Å². The Kier molecular flexibility index (Phi) is 5.02. The van der Waals surface area contributed by atoms with Gasteiger partial charge in [0.2, 0.25) is 0 Å². The highest BCUT2D eigenvalue weighted by molar-refractivity contribution is 6.42. The predicted molar refractivity (Wildman–Crippen MR) is 79.5 cm³/mol. The van der Waals surface area contributed by atoms with Crippen LogP contribution in [0.3, 0.4) is 0 Å². The molecule has 2 rings (SSSR count). The summed E-state index contributed by atoms with van der Waals surface area (Å²) in [6, 6.07) is 9.04. The van der Waals surface area contributed by atoms with E-state index in [0.29, 0.717) is 21.6 Å². The molecule has 1 unspecified atom stereocenters. The lowest BCUT2D eigenvalue weighted by molar-refractivity contribution is 0.551. The van der Waals surface area contributed by atoms with Crippen molar-refractivity contribution in [1.82, 2.24) is 10.4 Å². The second kappa shape index (κ2) is 6.55. The van der Waals surface area contributed by atoms with Gasteiger partial charge in [-0.05, 0) is 35.7 Å². The van der Waals surface area contributed by atoms with Crippen molar-refractivity contribution in [2.45, 2.75) is 12.5 Å². The SMILES string of the molecule is NNC(Cc1cccc(Cl)c1Cl)c1ccnc(Cl)c1. The Morgan fingerprint density at radius 1 is 1.21 bits per heavy atom. The Morgan fingerprint density at radius 3 is 2.68 bits per heavy atom. The quantitative estimate of drug-likeness (QED) is 0.512. The molecule has 0 amide bonds. The van der Waals surface area contributed by atoms with E-state index in [4.69, 9.17) is 40.6 Å². The summed E-state index contributed by atoms with van der Waals surface area (Å²) in [7, 11) is 0. The fourth-order valence-corrected chi connectivity index (χ4v) is 2.41. The van der Waals surface area contributed by atoms with Crippen LogP contribution in [-0.2, 0) is 6.42 Å². The molecule has 0 spiro atoms. The van der Waals surface area contributed by atoms with E-state index in [-0.39, 0.29) is 6.04 Å². The van der Waals surface area contributed by atoms with Crippen molar-refractivity contribution in [2.75, 3.05) is 0 Å². The number of rotatable bonds is 4. The summed E-state index contributed by atoms with van der Waals surface area (Å²) in [4.78, 5) is 3.94. The summed E-state index contributed by atoms with van der Waals surface area (Å²) < 4.78 is 0. The van der Waals surface area contributed by atoms with E-state index in [1.165, 1.54) is 0 Å². The van der Waals surface area contributed by atoms with Gasteiger partial charge in [0, 0.05) is 6.20 Å². The third kappa shape index (κ3) is 3.59. The lowest BCUT2D eigenvalue weighted by Gasteiger charge is -2.17. The predicted octanol–water partition coefficient (Wildman–Crippen LogP) is 3.79. The topological polar surface area (TPSA) is 50.9 Å². The Labute approximate surface area is 126 Å². The fourth-order valence-electron chi connectivity index (χ4n) is 1.83. The van der Waals surface area contributed by atoms with Crippen molar-refractivity contribution >= 4 is 34.8 Å². The van der Waals surface area contributed by atoms with Crippen molar-refractivity contribution in [3.05, 3.63) is 62.9 Å². The summed E-state index contributed by atoms with van der Waals surface area (Å²) >= 11 is 18.0. The highest BCUT2D eigenvalue weighted by atomic mass is 35.5. The second-order valence-corrected chi connectivity index (χ2v) is 5.22.